The summed E-state index contributed by atoms with van der Waals surface area (Å²) < 4.78 is 13.3. The lowest BCUT2D eigenvalue weighted by atomic mass is 9.66. The van der Waals surface area contributed by atoms with Crippen LogP contribution in [0.4, 0.5) is 17.1 Å². The van der Waals surface area contributed by atoms with Gasteiger partial charge in [0.2, 0.25) is 0 Å². The average Bonchev–Trinajstić information content (AvgIpc) is 3.86. The number of anilines is 3. The minimum absolute atomic E-state index is 0.486. The molecule has 0 fully saturated rings. The molecule has 0 radical (unpaired) electrons. The van der Waals surface area contributed by atoms with Gasteiger partial charge in [0.1, 0.15) is 22.7 Å². The largest absolute Gasteiger partial charge is 0.457 e. The predicted octanol–water partition coefficient (Wildman–Crippen LogP) is 16.0. The van der Waals surface area contributed by atoms with E-state index in [-0.39, 0.29) is 0 Å². The van der Waals surface area contributed by atoms with Crippen molar-refractivity contribution in [3.63, 3.8) is 0 Å². The van der Waals surface area contributed by atoms with Crippen molar-refractivity contribution >= 4 is 49.8 Å². The number of fused-ring (bicyclic) bond motifs is 14. The van der Waals surface area contributed by atoms with Gasteiger partial charge in [-0.3, -0.25) is 0 Å². The summed E-state index contributed by atoms with van der Waals surface area (Å²) in [5.74, 6) is 1.81. The summed E-state index contributed by atoms with van der Waals surface area (Å²) >= 11 is 0. The minimum Gasteiger partial charge on any atom is -0.457 e. The summed E-state index contributed by atoms with van der Waals surface area (Å²) in [5.41, 5.74) is 16.5. The average molecular weight is 792 g/mol. The van der Waals surface area contributed by atoms with Crippen molar-refractivity contribution in [3.05, 3.63) is 247 Å². The lowest BCUT2D eigenvalue weighted by Gasteiger charge is -2.39. The van der Waals surface area contributed by atoms with Crippen LogP contribution in [0.25, 0.3) is 66.1 Å². The van der Waals surface area contributed by atoms with Crippen molar-refractivity contribution in [3.8, 4) is 44.9 Å². The number of ether oxygens (including phenoxy) is 1. The van der Waals surface area contributed by atoms with Crippen LogP contribution in [0.2, 0.25) is 0 Å². The zero-order valence-electron chi connectivity index (χ0n) is 33.6. The number of benzene rings is 10. The molecule has 11 aromatic rings. The fourth-order valence-electron chi connectivity index (χ4n) is 10.4. The van der Waals surface area contributed by atoms with Gasteiger partial charge in [-0.1, -0.05) is 164 Å². The topological polar surface area (TPSA) is 25.6 Å². The molecule has 0 unspecified atom stereocenters. The van der Waals surface area contributed by atoms with Crippen molar-refractivity contribution in [2.75, 3.05) is 4.90 Å². The van der Waals surface area contributed by atoms with Crippen molar-refractivity contribution in [1.82, 2.24) is 0 Å². The molecule has 0 saturated heterocycles. The number of hydrogen-bond donors (Lipinski definition) is 0. The summed E-state index contributed by atoms with van der Waals surface area (Å²) in [7, 11) is 0. The van der Waals surface area contributed by atoms with E-state index in [0.29, 0.717) is 0 Å². The number of nitrogens with zero attached hydrogens (tertiary/aromatic N) is 1. The highest BCUT2D eigenvalue weighted by Gasteiger charge is 2.50. The molecule has 3 nitrogen and oxygen atoms in total. The third-order valence-electron chi connectivity index (χ3n) is 13.1. The molecular formula is C59H37NO2. The second kappa shape index (κ2) is 13.4. The Morgan fingerprint density at radius 1 is 0.355 bits per heavy atom. The highest BCUT2D eigenvalue weighted by Crippen LogP contribution is 2.62. The fraction of sp³-hybridized carbons (Fsp3) is 0.0169. The maximum Gasteiger partial charge on any atom is 0.143 e. The van der Waals surface area contributed by atoms with Crippen molar-refractivity contribution in [2.45, 2.75) is 5.41 Å². The van der Waals surface area contributed by atoms with Crippen LogP contribution in [0.15, 0.2) is 229 Å². The summed E-state index contributed by atoms with van der Waals surface area (Å²) in [6.07, 6.45) is 0. The van der Waals surface area contributed by atoms with Crippen LogP contribution in [0.1, 0.15) is 22.3 Å². The Hall–Kier alpha value is -8.14. The molecule has 0 bridgehead atoms. The van der Waals surface area contributed by atoms with Crippen molar-refractivity contribution in [1.29, 1.82) is 0 Å². The first-order valence-corrected chi connectivity index (χ1v) is 21.2. The van der Waals surface area contributed by atoms with E-state index in [2.05, 4.69) is 229 Å². The Morgan fingerprint density at radius 2 is 0.968 bits per heavy atom. The zero-order valence-corrected chi connectivity index (χ0v) is 33.6. The molecule has 290 valence electrons. The summed E-state index contributed by atoms with van der Waals surface area (Å²) in [6, 6.07) is 80.8. The molecule has 3 heteroatoms. The van der Waals surface area contributed by atoms with E-state index in [9.17, 15) is 0 Å². The second-order valence-electron chi connectivity index (χ2n) is 16.4. The SMILES string of the molecule is c1ccc(-c2ccccc2N(c2ccc(-c3ccc4c(c3)-c3ccccc3C43c4ccccc4Oc4ccccc43)cc2)c2ccc3c(c2)oc2c4ccccc4ccc32)cc1. The van der Waals surface area contributed by atoms with Gasteiger partial charge in [-0.15, -0.1) is 0 Å². The van der Waals surface area contributed by atoms with Crippen LogP contribution in [-0.2, 0) is 5.41 Å². The fourth-order valence-corrected chi connectivity index (χ4v) is 10.4. The first-order chi connectivity index (χ1) is 30.7. The van der Waals surface area contributed by atoms with Gasteiger partial charge in [-0.05, 0) is 98.9 Å². The standard InChI is InChI=1S/C59H37NO2/c1-2-14-39(15-3-1)44-17-7-11-23-54(44)60(43-32-34-47-48-33-28-40-16-4-5-18-45(40)58(48)62-57(47)37-43)42-30-26-38(27-31-42)41-29-35-51-49(36-41)46-19-6-8-20-50(46)59(51)52-21-9-12-24-55(52)61-56-25-13-10-22-53(56)59/h1-37H. The van der Waals surface area contributed by atoms with Gasteiger partial charge < -0.3 is 14.1 Å². The molecule has 0 atom stereocenters. The molecule has 13 rings (SSSR count). The van der Waals surface area contributed by atoms with Gasteiger partial charge in [0.25, 0.3) is 0 Å². The first-order valence-electron chi connectivity index (χ1n) is 21.2. The molecule has 1 spiro atoms. The maximum absolute atomic E-state index is 6.73. The third-order valence-corrected chi connectivity index (χ3v) is 13.1. The van der Waals surface area contributed by atoms with E-state index in [1.54, 1.807) is 0 Å². The summed E-state index contributed by atoms with van der Waals surface area (Å²) in [4.78, 5) is 2.36. The van der Waals surface area contributed by atoms with Gasteiger partial charge in [0, 0.05) is 50.3 Å². The molecule has 10 aromatic carbocycles. The molecule has 2 aliphatic rings. The summed E-state index contributed by atoms with van der Waals surface area (Å²) in [5, 5.41) is 4.52. The molecule has 1 aliphatic carbocycles. The quantitative estimate of drug-likeness (QED) is 0.174. The molecule has 62 heavy (non-hydrogen) atoms. The van der Waals surface area contributed by atoms with Crippen LogP contribution in [0.5, 0.6) is 11.5 Å². The highest BCUT2D eigenvalue weighted by atomic mass is 16.5. The number of rotatable bonds is 5. The molecule has 2 heterocycles. The van der Waals surface area contributed by atoms with Gasteiger partial charge in [-0.2, -0.15) is 0 Å². The van der Waals surface area contributed by atoms with E-state index in [4.69, 9.17) is 9.15 Å². The number of para-hydroxylation sites is 3. The maximum atomic E-state index is 6.73. The van der Waals surface area contributed by atoms with Gasteiger partial charge in [-0.25, -0.2) is 0 Å². The smallest absolute Gasteiger partial charge is 0.143 e. The Kier molecular flexibility index (Phi) is 7.52. The van der Waals surface area contributed by atoms with E-state index in [1.165, 1.54) is 44.3 Å². The normalized spacial score (nSPS) is 13.1. The van der Waals surface area contributed by atoms with E-state index in [1.807, 2.05) is 0 Å². The molecule has 0 amide bonds. The van der Waals surface area contributed by atoms with Crippen molar-refractivity contribution < 1.29 is 9.15 Å². The molecule has 1 aliphatic heterocycles. The monoisotopic (exact) mass is 791 g/mol. The minimum atomic E-state index is -0.486. The second-order valence-corrected chi connectivity index (χ2v) is 16.4. The van der Waals surface area contributed by atoms with Crippen LogP contribution in [0.3, 0.4) is 0 Å². The lowest BCUT2D eigenvalue weighted by molar-refractivity contribution is 0.436. The Labute approximate surface area is 359 Å². The number of hydrogen-bond acceptors (Lipinski definition) is 3. The third kappa shape index (κ3) is 5.00. The van der Waals surface area contributed by atoms with Crippen LogP contribution in [0, 0.1) is 0 Å². The van der Waals surface area contributed by atoms with Crippen LogP contribution in [-0.4, -0.2) is 0 Å². The van der Waals surface area contributed by atoms with Gasteiger partial charge in [0.15, 0.2) is 0 Å². The van der Waals surface area contributed by atoms with Gasteiger partial charge >= 0.3 is 0 Å². The highest BCUT2D eigenvalue weighted by molar-refractivity contribution is 6.15. The summed E-state index contributed by atoms with van der Waals surface area (Å²) in [6.45, 7) is 0. The van der Waals surface area contributed by atoms with Crippen molar-refractivity contribution in [2.24, 2.45) is 0 Å². The van der Waals surface area contributed by atoms with Crippen LogP contribution >= 0.6 is 0 Å². The van der Waals surface area contributed by atoms with E-state index < -0.39 is 5.41 Å². The van der Waals surface area contributed by atoms with Gasteiger partial charge in [0.05, 0.1) is 11.1 Å². The Balaban J connectivity index is 0.955. The molecule has 0 saturated carbocycles. The first kappa shape index (κ1) is 34.7. The predicted molar refractivity (Wildman–Crippen MR) is 254 cm³/mol. The van der Waals surface area contributed by atoms with Crippen LogP contribution < -0.4 is 9.64 Å². The number of furan rings is 1. The zero-order chi connectivity index (χ0) is 40.8. The molecule has 0 N–H and O–H groups in total. The lowest BCUT2D eigenvalue weighted by Crippen LogP contribution is -2.32. The molecular weight excluding hydrogens is 755 g/mol. The Morgan fingerprint density at radius 3 is 1.77 bits per heavy atom. The van der Waals surface area contributed by atoms with E-state index in [0.717, 1.165) is 72.6 Å². The Bertz CT molecular complexity index is 3520. The molecule has 1 aromatic heterocycles. The van der Waals surface area contributed by atoms with E-state index >= 15 is 0 Å².